The number of carbonyl (C=O) groups is 1. The van der Waals surface area contributed by atoms with Crippen LogP contribution < -0.4 is 5.32 Å². The van der Waals surface area contributed by atoms with Crippen molar-refractivity contribution in [3.8, 4) is 0 Å². The minimum absolute atomic E-state index is 0.0247. The summed E-state index contributed by atoms with van der Waals surface area (Å²) in [5, 5.41) is 2.61. The third-order valence-electron chi connectivity index (χ3n) is 1.99. The number of amides is 1. The van der Waals surface area contributed by atoms with Gasteiger partial charge in [0.2, 0.25) is 0 Å². The van der Waals surface area contributed by atoms with E-state index >= 15 is 0 Å². The SMILES string of the molecule is COC(C)C(=O)Nc1cc(Cl)c(Cl)cc1F. The number of rotatable bonds is 3. The van der Waals surface area contributed by atoms with Gasteiger partial charge in [-0.05, 0) is 19.1 Å². The quantitative estimate of drug-likeness (QED) is 0.853. The third kappa shape index (κ3) is 3.07. The molecule has 0 aromatic heterocycles. The summed E-state index contributed by atoms with van der Waals surface area (Å²) in [5.41, 5.74) is -0.0247. The normalized spacial score (nSPS) is 12.3. The van der Waals surface area contributed by atoms with Gasteiger partial charge < -0.3 is 10.1 Å². The number of benzene rings is 1. The average Bonchev–Trinajstić information content (AvgIpc) is 2.24. The fraction of sp³-hybridized carbons (Fsp3) is 0.300. The number of carbonyl (C=O) groups excluding carboxylic acids is 1. The molecule has 0 heterocycles. The molecule has 6 heteroatoms. The van der Waals surface area contributed by atoms with Crippen molar-refractivity contribution >= 4 is 34.8 Å². The van der Waals surface area contributed by atoms with Gasteiger partial charge in [-0.25, -0.2) is 4.39 Å². The van der Waals surface area contributed by atoms with Crippen molar-refractivity contribution < 1.29 is 13.9 Å². The van der Waals surface area contributed by atoms with Crippen LogP contribution in [0.15, 0.2) is 12.1 Å². The maximum atomic E-state index is 13.4. The highest BCUT2D eigenvalue weighted by Crippen LogP contribution is 2.28. The molecule has 0 spiro atoms. The Kier molecular flexibility index (Phi) is 4.53. The minimum atomic E-state index is -0.672. The Morgan fingerprint density at radius 2 is 2.00 bits per heavy atom. The van der Waals surface area contributed by atoms with Crippen molar-refractivity contribution in [1.82, 2.24) is 0 Å². The number of methoxy groups -OCH3 is 1. The lowest BCUT2D eigenvalue weighted by molar-refractivity contribution is -0.124. The zero-order valence-corrected chi connectivity index (χ0v) is 10.2. The van der Waals surface area contributed by atoms with Gasteiger partial charge in [-0.15, -0.1) is 0 Å². The van der Waals surface area contributed by atoms with Crippen molar-refractivity contribution in [1.29, 1.82) is 0 Å². The second kappa shape index (κ2) is 5.48. The Bertz CT molecular complexity index is 412. The van der Waals surface area contributed by atoms with Crippen LogP contribution in [0.2, 0.25) is 10.0 Å². The van der Waals surface area contributed by atoms with E-state index in [1.165, 1.54) is 13.2 Å². The van der Waals surface area contributed by atoms with E-state index in [4.69, 9.17) is 27.9 Å². The van der Waals surface area contributed by atoms with E-state index in [0.29, 0.717) is 0 Å². The highest BCUT2D eigenvalue weighted by Gasteiger charge is 2.15. The van der Waals surface area contributed by atoms with Gasteiger partial charge in [-0.1, -0.05) is 23.2 Å². The van der Waals surface area contributed by atoms with Gasteiger partial charge in [0.15, 0.2) is 0 Å². The number of hydrogen-bond acceptors (Lipinski definition) is 2. The molecule has 1 aromatic rings. The van der Waals surface area contributed by atoms with E-state index in [0.717, 1.165) is 6.07 Å². The van der Waals surface area contributed by atoms with Gasteiger partial charge in [0.05, 0.1) is 15.7 Å². The Morgan fingerprint density at radius 3 is 2.56 bits per heavy atom. The molecule has 0 saturated heterocycles. The fourth-order valence-electron chi connectivity index (χ4n) is 0.960. The molecule has 0 aliphatic carbocycles. The lowest BCUT2D eigenvalue weighted by Gasteiger charge is -2.11. The molecule has 0 aliphatic rings. The first-order chi connectivity index (χ1) is 7.45. The number of hydrogen-bond donors (Lipinski definition) is 1. The van der Waals surface area contributed by atoms with Crippen LogP contribution in [-0.4, -0.2) is 19.1 Å². The summed E-state index contributed by atoms with van der Waals surface area (Å²) in [6, 6.07) is 2.29. The Balaban J connectivity index is 2.90. The van der Waals surface area contributed by atoms with Crippen molar-refractivity contribution in [2.45, 2.75) is 13.0 Å². The fourth-order valence-corrected chi connectivity index (χ4v) is 1.27. The van der Waals surface area contributed by atoms with E-state index in [2.05, 4.69) is 5.32 Å². The smallest absolute Gasteiger partial charge is 0.253 e. The van der Waals surface area contributed by atoms with E-state index in [1.807, 2.05) is 0 Å². The van der Waals surface area contributed by atoms with Gasteiger partial charge in [-0.2, -0.15) is 0 Å². The highest BCUT2D eigenvalue weighted by molar-refractivity contribution is 6.42. The zero-order valence-electron chi connectivity index (χ0n) is 8.68. The van der Waals surface area contributed by atoms with E-state index in [9.17, 15) is 9.18 Å². The molecular formula is C10H10Cl2FNO2. The second-order valence-corrected chi connectivity index (χ2v) is 3.93. The lowest BCUT2D eigenvalue weighted by Crippen LogP contribution is -2.26. The minimum Gasteiger partial charge on any atom is -0.372 e. The van der Waals surface area contributed by atoms with Crippen LogP contribution in [-0.2, 0) is 9.53 Å². The predicted molar refractivity (Wildman–Crippen MR) is 61.5 cm³/mol. The molecular weight excluding hydrogens is 256 g/mol. The van der Waals surface area contributed by atoms with Crippen LogP contribution in [0, 0.1) is 5.82 Å². The maximum Gasteiger partial charge on any atom is 0.253 e. The van der Waals surface area contributed by atoms with Gasteiger partial charge in [-0.3, -0.25) is 4.79 Å². The van der Waals surface area contributed by atoms with Crippen LogP contribution >= 0.6 is 23.2 Å². The zero-order chi connectivity index (χ0) is 12.3. The van der Waals surface area contributed by atoms with E-state index < -0.39 is 17.8 Å². The van der Waals surface area contributed by atoms with Crippen LogP contribution in [0.5, 0.6) is 0 Å². The molecule has 1 rings (SSSR count). The molecule has 88 valence electrons. The Hall–Kier alpha value is -0.840. The van der Waals surface area contributed by atoms with Crippen molar-refractivity contribution in [2.24, 2.45) is 0 Å². The van der Waals surface area contributed by atoms with Crippen LogP contribution in [0.25, 0.3) is 0 Å². The molecule has 3 nitrogen and oxygen atoms in total. The highest BCUT2D eigenvalue weighted by atomic mass is 35.5. The summed E-state index contributed by atoms with van der Waals surface area (Å²) < 4.78 is 18.1. The third-order valence-corrected chi connectivity index (χ3v) is 2.71. The topological polar surface area (TPSA) is 38.3 Å². The number of ether oxygens (including phenoxy) is 1. The summed E-state index contributed by atoms with van der Waals surface area (Å²) in [4.78, 5) is 11.4. The number of anilines is 1. The van der Waals surface area contributed by atoms with Crippen LogP contribution in [0.4, 0.5) is 10.1 Å². The van der Waals surface area contributed by atoms with Gasteiger partial charge in [0.1, 0.15) is 11.9 Å². The van der Waals surface area contributed by atoms with Gasteiger partial charge in [0.25, 0.3) is 5.91 Å². The van der Waals surface area contributed by atoms with Gasteiger partial charge in [0, 0.05) is 7.11 Å². The summed E-state index contributed by atoms with van der Waals surface area (Å²) >= 11 is 11.3. The average molecular weight is 266 g/mol. The first-order valence-corrected chi connectivity index (χ1v) is 5.19. The molecule has 0 radical (unpaired) electrons. The Labute approximate surface area is 102 Å². The van der Waals surface area contributed by atoms with Crippen LogP contribution in [0.1, 0.15) is 6.92 Å². The standard InChI is InChI=1S/C10H10Cl2FNO2/c1-5(16-2)10(15)14-9-4-7(12)6(11)3-8(9)13/h3-5H,1-2H3,(H,14,15). The number of halogens is 3. The molecule has 1 aromatic carbocycles. The first-order valence-electron chi connectivity index (χ1n) is 4.44. The van der Waals surface area contributed by atoms with Crippen LogP contribution in [0.3, 0.4) is 0 Å². The second-order valence-electron chi connectivity index (χ2n) is 3.11. The molecule has 0 aliphatic heterocycles. The van der Waals surface area contributed by atoms with Crippen molar-refractivity contribution in [3.63, 3.8) is 0 Å². The molecule has 16 heavy (non-hydrogen) atoms. The lowest BCUT2D eigenvalue weighted by atomic mass is 10.3. The number of nitrogens with one attached hydrogen (secondary N) is 1. The predicted octanol–water partition coefficient (Wildman–Crippen LogP) is 3.11. The summed E-state index contributed by atoms with van der Waals surface area (Å²) in [6.45, 7) is 1.55. The maximum absolute atomic E-state index is 13.4. The summed E-state index contributed by atoms with van der Waals surface area (Å²) in [5.74, 6) is -1.11. The molecule has 0 saturated carbocycles. The largest absolute Gasteiger partial charge is 0.372 e. The first kappa shape index (κ1) is 13.2. The van der Waals surface area contributed by atoms with Crippen molar-refractivity contribution in [2.75, 3.05) is 12.4 Å². The molecule has 0 fully saturated rings. The molecule has 1 amide bonds. The van der Waals surface area contributed by atoms with Crippen molar-refractivity contribution in [3.05, 3.63) is 28.0 Å². The van der Waals surface area contributed by atoms with E-state index in [1.54, 1.807) is 6.92 Å². The summed E-state index contributed by atoms with van der Waals surface area (Å²) in [7, 11) is 1.38. The molecule has 1 atom stereocenters. The summed E-state index contributed by atoms with van der Waals surface area (Å²) in [6.07, 6.45) is -0.672. The Morgan fingerprint density at radius 1 is 1.44 bits per heavy atom. The molecule has 0 bridgehead atoms. The molecule has 1 N–H and O–H groups in total. The van der Waals surface area contributed by atoms with Gasteiger partial charge >= 0.3 is 0 Å². The monoisotopic (exact) mass is 265 g/mol. The van der Waals surface area contributed by atoms with E-state index in [-0.39, 0.29) is 15.7 Å². The molecule has 1 unspecified atom stereocenters.